The zero-order chi connectivity index (χ0) is 18.5. The SMILES string of the molecule is CC(C)c1ccc(-c2csc(N(CCC(=O)O)Cc3ccsc3)n2)cc1.Cl. The number of carbonyl (C=O) groups is 1. The molecule has 144 valence electrons. The van der Waals surface area contributed by atoms with Crippen LogP contribution in [0.3, 0.4) is 0 Å². The van der Waals surface area contributed by atoms with Crippen molar-refractivity contribution in [3.8, 4) is 11.3 Å². The van der Waals surface area contributed by atoms with E-state index in [-0.39, 0.29) is 18.8 Å². The number of carboxylic acid groups (broad SMARTS) is 1. The third kappa shape index (κ3) is 5.79. The summed E-state index contributed by atoms with van der Waals surface area (Å²) >= 11 is 3.21. The van der Waals surface area contributed by atoms with Crippen LogP contribution in [-0.4, -0.2) is 22.6 Å². The Balaban J connectivity index is 0.00000261. The van der Waals surface area contributed by atoms with Gasteiger partial charge >= 0.3 is 5.97 Å². The molecule has 2 aromatic heterocycles. The van der Waals surface area contributed by atoms with Crippen molar-refractivity contribution in [2.24, 2.45) is 0 Å². The van der Waals surface area contributed by atoms with Crippen molar-refractivity contribution in [1.29, 1.82) is 0 Å². The van der Waals surface area contributed by atoms with E-state index in [1.165, 1.54) is 11.1 Å². The summed E-state index contributed by atoms with van der Waals surface area (Å²) in [6.07, 6.45) is 0.0993. The van der Waals surface area contributed by atoms with Gasteiger partial charge in [0.05, 0.1) is 12.1 Å². The first kappa shape index (κ1) is 21.4. The third-order valence-electron chi connectivity index (χ3n) is 4.18. The number of hydrogen-bond acceptors (Lipinski definition) is 5. The zero-order valence-electron chi connectivity index (χ0n) is 15.3. The molecule has 0 radical (unpaired) electrons. The summed E-state index contributed by atoms with van der Waals surface area (Å²) in [5.41, 5.74) is 4.51. The average molecular weight is 423 g/mol. The van der Waals surface area contributed by atoms with Crippen LogP contribution in [0.5, 0.6) is 0 Å². The second-order valence-corrected chi connectivity index (χ2v) is 8.11. The van der Waals surface area contributed by atoms with Crippen LogP contribution in [0, 0.1) is 0 Å². The van der Waals surface area contributed by atoms with Crippen LogP contribution < -0.4 is 4.90 Å². The first-order valence-corrected chi connectivity index (χ1v) is 10.4. The van der Waals surface area contributed by atoms with Crippen LogP contribution in [0.15, 0.2) is 46.5 Å². The number of nitrogens with zero attached hydrogens (tertiary/aromatic N) is 2. The van der Waals surface area contributed by atoms with Gasteiger partial charge in [0, 0.05) is 24.0 Å². The molecule has 0 saturated heterocycles. The van der Waals surface area contributed by atoms with E-state index >= 15 is 0 Å². The predicted octanol–water partition coefficient (Wildman–Crippen LogP) is 5.90. The van der Waals surface area contributed by atoms with Gasteiger partial charge in [-0.2, -0.15) is 11.3 Å². The highest BCUT2D eigenvalue weighted by Gasteiger charge is 2.15. The number of aromatic nitrogens is 1. The number of thiazole rings is 1. The van der Waals surface area contributed by atoms with E-state index in [4.69, 9.17) is 10.1 Å². The zero-order valence-corrected chi connectivity index (χ0v) is 17.7. The summed E-state index contributed by atoms with van der Waals surface area (Å²) in [6, 6.07) is 10.6. The minimum Gasteiger partial charge on any atom is -0.481 e. The standard InChI is InChI=1S/C20H22N2O2S2.ClH/c1-14(2)16-3-5-17(6-4-16)18-13-26-20(21-18)22(9-7-19(23)24)11-15-8-10-25-12-15;/h3-6,8,10,12-14H,7,9,11H2,1-2H3,(H,23,24);1H. The molecule has 27 heavy (non-hydrogen) atoms. The molecule has 1 N–H and O–H groups in total. The lowest BCUT2D eigenvalue weighted by atomic mass is 10.0. The lowest BCUT2D eigenvalue weighted by Gasteiger charge is -2.20. The van der Waals surface area contributed by atoms with Gasteiger partial charge in [-0.25, -0.2) is 4.98 Å². The number of thiophene rings is 1. The molecule has 0 aliphatic carbocycles. The number of hydrogen-bond donors (Lipinski definition) is 1. The molecule has 0 unspecified atom stereocenters. The molecule has 0 fully saturated rings. The van der Waals surface area contributed by atoms with Crippen LogP contribution in [0.2, 0.25) is 0 Å². The van der Waals surface area contributed by atoms with E-state index < -0.39 is 5.97 Å². The maximum Gasteiger partial charge on any atom is 0.305 e. The van der Waals surface area contributed by atoms with Crippen molar-refractivity contribution in [1.82, 2.24) is 4.98 Å². The van der Waals surface area contributed by atoms with E-state index in [2.05, 4.69) is 49.6 Å². The van der Waals surface area contributed by atoms with Gasteiger partial charge in [0.1, 0.15) is 0 Å². The van der Waals surface area contributed by atoms with Gasteiger partial charge in [0.15, 0.2) is 5.13 Å². The van der Waals surface area contributed by atoms with Crippen molar-refractivity contribution in [3.63, 3.8) is 0 Å². The van der Waals surface area contributed by atoms with Crippen LogP contribution in [0.1, 0.15) is 37.3 Å². The van der Waals surface area contributed by atoms with Crippen LogP contribution >= 0.6 is 35.1 Å². The molecule has 0 atom stereocenters. The molecule has 7 heteroatoms. The van der Waals surface area contributed by atoms with Crippen LogP contribution in [-0.2, 0) is 11.3 Å². The van der Waals surface area contributed by atoms with Crippen molar-refractivity contribution >= 4 is 46.2 Å². The lowest BCUT2D eigenvalue weighted by molar-refractivity contribution is -0.136. The van der Waals surface area contributed by atoms with Gasteiger partial charge < -0.3 is 10.0 Å². The number of anilines is 1. The fraction of sp³-hybridized carbons (Fsp3) is 0.300. The highest BCUT2D eigenvalue weighted by atomic mass is 35.5. The molecular formula is C20H23ClN2O2S2. The Labute approximate surface area is 173 Å². The Kier molecular flexibility index (Phi) is 7.83. The molecule has 3 aromatic rings. The number of rotatable bonds is 8. The smallest absolute Gasteiger partial charge is 0.305 e. The van der Waals surface area contributed by atoms with Crippen molar-refractivity contribution in [3.05, 3.63) is 57.6 Å². The van der Waals surface area contributed by atoms with Gasteiger partial charge in [-0.1, -0.05) is 38.1 Å². The molecule has 0 spiro atoms. The molecule has 3 rings (SSSR count). The summed E-state index contributed by atoms with van der Waals surface area (Å²) in [4.78, 5) is 17.8. The van der Waals surface area contributed by atoms with Crippen LogP contribution in [0.4, 0.5) is 5.13 Å². The Bertz CT molecular complexity index is 845. The maximum absolute atomic E-state index is 11.0. The predicted molar refractivity (Wildman–Crippen MR) is 117 cm³/mol. The van der Waals surface area contributed by atoms with E-state index in [0.717, 1.165) is 16.4 Å². The molecule has 0 aliphatic heterocycles. The van der Waals surface area contributed by atoms with E-state index in [1.807, 2.05) is 15.7 Å². The summed E-state index contributed by atoms with van der Waals surface area (Å²) < 4.78 is 0. The van der Waals surface area contributed by atoms with Gasteiger partial charge in [-0.05, 0) is 33.9 Å². The largest absolute Gasteiger partial charge is 0.481 e. The molecule has 2 heterocycles. The van der Waals surface area contributed by atoms with E-state index in [0.29, 0.717) is 19.0 Å². The van der Waals surface area contributed by atoms with Gasteiger partial charge in [-0.3, -0.25) is 4.79 Å². The summed E-state index contributed by atoms with van der Waals surface area (Å²) in [7, 11) is 0. The first-order chi connectivity index (χ1) is 12.5. The van der Waals surface area contributed by atoms with Gasteiger partial charge in [-0.15, -0.1) is 23.7 Å². The van der Waals surface area contributed by atoms with E-state index in [9.17, 15) is 4.79 Å². The quantitative estimate of drug-likeness (QED) is 0.491. The summed E-state index contributed by atoms with van der Waals surface area (Å²) in [5, 5.41) is 16.1. The number of aliphatic carboxylic acids is 1. The van der Waals surface area contributed by atoms with Crippen molar-refractivity contribution in [2.45, 2.75) is 32.7 Å². The Morgan fingerprint density at radius 1 is 1.19 bits per heavy atom. The van der Waals surface area contributed by atoms with Crippen LogP contribution in [0.25, 0.3) is 11.3 Å². The second-order valence-electron chi connectivity index (χ2n) is 6.49. The minimum absolute atomic E-state index is 0. The first-order valence-electron chi connectivity index (χ1n) is 8.56. The van der Waals surface area contributed by atoms with E-state index in [1.54, 1.807) is 22.7 Å². The number of carboxylic acids is 1. The summed E-state index contributed by atoms with van der Waals surface area (Å²) in [6.45, 7) is 5.49. The molecular weight excluding hydrogens is 400 g/mol. The van der Waals surface area contributed by atoms with Crippen molar-refractivity contribution < 1.29 is 9.90 Å². The Morgan fingerprint density at radius 2 is 1.93 bits per heavy atom. The molecule has 0 amide bonds. The Morgan fingerprint density at radius 3 is 2.52 bits per heavy atom. The molecule has 0 bridgehead atoms. The number of halogens is 1. The topological polar surface area (TPSA) is 53.4 Å². The molecule has 4 nitrogen and oxygen atoms in total. The fourth-order valence-electron chi connectivity index (χ4n) is 2.66. The fourth-order valence-corrected chi connectivity index (χ4v) is 4.18. The van der Waals surface area contributed by atoms with Crippen molar-refractivity contribution in [2.75, 3.05) is 11.4 Å². The summed E-state index contributed by atoms with van der Waals surface area (Å²) in [5.74, 6) is -0.284. The van der Waals surface area contributed by atoms with Gasteiger partial charge in [0.25, 0.3) is 0 Å². The van der Waals surface area contributed by atoms with Gasteiger partial charge in [0.2, 0.25) is 0 Å². The lowest BCUT2D eigenvalue weighted by Crippen LogP contribution is -2.25. The highest BCUT2D eigenvalue weighted by molar-refractivity contribution is 7.14. The second kappa shape index (κ2) is 9.88. The highest BCUT2D eigenvalue weighted by Crippen LogP contribution is 2.29. The average Bonchev–Trinajstić information content (AvgIpc) is 3.30. The molecule has 1 aromatic carbocycles. The third-order valence-corrected chi connectivity index (χ3v) is 5.82. The Hall–Kier alpha value is -1.89. The molecule has 0 saturated carbocycles. The monoisotopic (exact) mass is 422 g/mol. The molecule has 0 aliphatic rings. The minimum atomic E-state index is -0.790. The maximum atomic E-state index is 11.0. The normalized spacial score (nSPS) is 10.6. The number of benzene rings is 1.